The number of rotatable bonds is 8. The van der Waals surface area contributed by atoms with E-state index in [1.54, 1.807) is 0 Å². The van der Waals surface area contributed by atoms with Gasteiger partial charge in [-0.3, -0.25) is 4.79 Å². The van der Waals surface area contributed by atoms with Gasteiger partial charge < -0.3 is 20.5 Å². The summed E-state index contributed by atoms with van der Waals surface area (Å²) in [5.41, 5.74) is 0.883. The van der Waals surface area contributed by atoms with Crippen LogP contribution in [-0.2, 0) is 14.3 Å². The van der Waals surface area contributed by atoms with Gasteiger partial charge in [0, 0.05) is 18.9 Å². The number of halogens is 3. The molecule has 7 nitrogen and oxygen atoms in total. The van der Waals surface area contributed by atoms with E-state index in [4.69, 9.17) is 9.84 Å². The maximum Gasteiger partial charge on any atom is 0.422 e. The lowest BCUT2D eigenvalue weighted by Crippen LogP contribution is -2.61. The predicted octanol–water partition coefficient (Wildman–Crippen LogP) is 3.83. The molecule has 10 heteroatoms. The summed E-state index contributed by atoms with van der Waals surface area (Å²) < 4.78 is 44.1. The van der Waals surface area contributed by atoms with E-state index < -0.39 is 36.1 Å². The van der Waals surface area contributed by atoms with Crippen LogP contribution in [-0.4, -0.2) is 47.9 Å². The van der Waals surface area contributed by atoms with Gasteiger partial charge in [-0.2, -0.15) is 13.2 Å². The summed E-state index contributed by atoms with van der Waals surface area (Å²) in [6, 6.07) is 15.7. The van der Waals surface area contributed by atoms with Crippen LogP contribution in [0.2, 0.25) is 0 Å². The normalized spacial score (nSPS) is 14.5. The zero-order valence-corrected chi connectivity index (χ0v) is 17.7. The molecule has 0 bridgehead atoms. The molecule has 1 aliphatic rings. The van der Waals surface area contributed by atoms with E-state index in [-0.39, 0.29) is 25.5 Å². The molecule has 2 aromatic rings. The van der Waals surface area contributed by atoms with Gasteiger partial charge in [-0.15, -0.1) is 0 Å². The molecule has 0 saturated heterocycles. The van der Waals surface area contributed by atoms with E-state index in [0.717, 1.165) is 22.3 Å². The fourth-order valence-electron chi connectivity index (χ4n) is 3.68. The lowest BCUT2D eigenvalue weighted by molar-refractivity contribution is -0.207. The number of nitrogens with one attached hydrogen (secondary N) is 2. The van der Waals surface area contributed by atoms with Crippen LogP contribution in [0.5, 0.6) is 0 Å². The highest BCUT2D eigenvalue weighted by atomic mass is 19.4. The molecule has 1 unspecified atom stereocenters. The molecule has 33 heavy (non-hydrogen) atoms. The van der Waals surface area contributed by atoms with Crippen LogP contribution in [0.3, 0.4) is 0 Å². The van der Waals surface area contributed by atoms with Crippen LogP contribution in [0.15, 0.2) is 48.5 Å². The number of carbonyl (C=O) groups is 3. The lowest BCUT2D eigenvalue weighted by Gasteiger charge is -2.28. The number of carboxylic acids is 1. The standard InChI is InChI=1S/C23H23F3N2O5/c1-22(20(30)31,23(24,25)26)28-19(29)11-6-12-27-21(32)33-13-18-16-9-4-2-7-14(16)15-8-3-5-10-17(15)18/h2-5,7-10,18H,6,11-13H2,1H3,(H,27,32)(H,28,29)(H,30,31). The monoisotopic (exact) mass is 464 g/mol. The largest absolute Gasteiger partial charge is 0.479 e. The van der Waals surface area contributed by atoms with Gasteiger partial charge in [0.05, 0.1) is 0 Å². The fourth-order valence-corrected chi connectivity index (χ4v) is 3.68. The molecule has 0 spiro atoms. The molecule has 1 aliphatic carbocycles. The molecule has 3 rings (SSSR count). The molecule has 1 atom stereocenters. The Kier molecular flexibility index (Phi) is 6.95. The molecule has 176 valence electrons. The van der Waals surface area contributed by atoms with Gasteiger partial charge in [-0.05, 0) is 35.6 Å². The van der Waals surface area contributed by atoms with Gasteiger partial charge in [0.15, 0.2) is 0 Å². The fraction of sp³-hybridized carbons (Fsp3) is 0.348. The first-order valence-electron chi connectivity index (χ1n) is 10.2. The second-order valence-corrected chi connectivity index (χ2v) is 7.83. The highest BCUT2D eigenvalue weighted by molar-refractivity contribution is 5.87. The second kappa shape index (κ2) is 9.51. The van der Waals surface area contributed by atoms with Crippen molar-refractivity contribution in [2.45, 2.75) is 37.4 Å². The van der Waals surface area contributed by atoms with Crippen LogP contribution in [0, 0.1) is 0 Å². The number of hydrogen-bond acceptors (Lipinski definition) is 4. The van der Waals surface area contributed by atoms with Crippen LogP contribution >= 0.6 is 0 Å². The number of ether oxygens (including phenoxy) is 1. The van der Waals surface area contributed by atoms with Gasteiger partial charge in [-0.1, -0.05) is 48.5 Å². The minimum atomic E-state index is -5.16. The number of carbonyl (C=O) groups excluding carboxylic acids is 2. The molecule has 0 aliphatic heterocycles. The molecule has 0 aromatic heterocycles. The second-order valence-electron chi connectivity index (χ2n) is 7.83. The van der Waals surface area contributed by atoms with Crippen molar-refractivity contribution in [1.82, 2.24) is 10.6 Å². The molecule has 2 aromatic carbocycles. The first kappa shape index (κ1) is 24.1. The highest BCUT2D eigenvalue weighted by Crippen LogP contribution is 2.44. The summed E-state index contributed by atoms with van der Waals surface area (Å²) in [5, 5.41) is 12.8. The van der Waals surface area contributed by atoms with E-state index in [9.17, 15) is 27.6 Å². The SMILES string of the molecule is CC(NC(=O)CCCNC(=O)OCC1c2ccccc2-c2ccccc21)(C(=O)O)C(F)(F)F. The predicted molar refractivity (Wildman–Crippen MR) is 113 cm³/mol. The number of amides is 2. The molecule has 0 heterocycles. The topological polar surface area (TPSA) is 105 Å². The Morgan fingerprint density at radius 1 is 1.00 bits per heavy atom. The molecular weight excluding hydrogens is 441 g/mol. The summed E-state index contributed by atoms with van der Waals surface area (Å²) in [7, 11) is 0. The maximum atomic E-state index is 12.9. The van der Waals surface area contributed by atoms with E-state index in [0.29, 0.717) is 6.92 Å². The zero-order chi connectivity index (χ0) is 24.2. The van der Waals surface area contributed by atoms with E-state index in [2.05, 4.69) is 5.32 Å². The zero-order valence-electron chi connectivity index (χ0n) is 17.7. The molecule has 2 amide bonds. The van der Waals surface area contributed by atoms with Crippen LogP contribution < -0.4 is 10.6 Å². The van der Waals surface area contributed by atoms with E-state index in [1.165, 1.54) is 5.32 Å². The Labute approximate surface area is 187 Å². The minimum absolute atomic E-state index is 0.00356. The maximum absolute atomic E-state index is 12.9. The van der Waals surface area contributed by atoms with Crippen molar-refractivity contribution in [1.29, 1.82) is 0 Å². The number of alkyl halides is 3. The van der Waals surface area contributed by atoms with E-state index >= 15 is 0 Å². The molecule has 0 fully saturated rings. The molecule has 3 N–H and O–H groups in total. The third-order valence-electron chi connectivity index (χ3n) is 5.58. The van der Waals surface area contributed by atoms with Gasteiger partial charge in [0.2, 0.25) is 11.4 Å². The van der Waals surface area contributed by atoms with Crippen LogP contribution in [0.1, 0.15) is 36.8 Å². The van der Waals surface area contributed by atoms with Crippen molar-refractivity contribution < 1.29 is 37.4 Å². The van der Waals surface area contributed by atoms with E-state index in [1.807, 2.05) is 48.5 Å². The smallest absolute Gasteiger partial charge is 0.422 e. The third-order valence-corrected chi connectivity index (χ3v) is 5.58. The summed E-state index contributed by atoms with van der Waals surface area (Å²) in [6.07, 6.45) is -6.27. The quantitative estimate of drug-likeness (QED) is 0.515. The molecule has 0 saturated carbocycles. The van der Waals surface area contributed by atoms with Crippen molar-refractivity contribution in [2.75, 3.05) is 13.2 Å². The number of alkyl carbamates (subject to hydrolysis) is 1. The Morgan fingerprint density at radius 2 is 1.55 bits per heavy atom. The number of carboxylic acid groups (broad SMARTS) is 1. The van der Waals surface area contributed by atoms with Gasteiger partial charge in [0.1, 0.15) is 6.61 Å². The number of fused-ring (bicyclic) bond motifs is 3. The molecular formula is C23H23F3N2O5. The van der Waals surface area contributed by atoms with Gasteiger partial charge in [-0.25, -0.2) is 9.59 Å². The van der Waals surface area contributed by atoms with Gasteiger partial charge >= 0.3 is 18.2 Å². The first-order valence-corrected chi connectivity index (χ1v) is 10.2. The summed E-state index contributed by atoms with van der Waals surface area (Å²) in [6.45, 7) is 0.449. The first-order chi connectivity index (χ1) is 15.5. The van der Waals surface area contributed by atoms with Gasteiger partial charge in [0.25, 0.3) is 0 Å². The third kappa shape index (κ3) is 5.10. The number of aliphatic carboxylic acids is 1. The Bertz CT molecular complexity index is 1010. The summed E-state index contributed by atoms with van der Waals surface area (Å²) >= 11 is 0. The Morgan fingerprint density at radius 3 is 2.06 bits per heavy atom. The average Bonchev–Trinajstić information content (AvgIpc) is 3.08. The van der Waals surface area contributed by atoms with Crippen molar-refractivity contribution in [3.63, 3.8) is 0 Å². The average molecular weight is 464 g/mol. The van der Waals surface area contributed by atoms with Crippen molar-refractivity contribution in [3.8, 4) is 11.1 Å². The highest BCUT2D eigenvalue weighted by Gasteiger charge is 2.58. The summed E-state index contributed by atoms with van der Waals surface area (Å²) in [5.74, 6) is -3.42. The molecule has 0 radical (unpaired) electrons. The number of hydrogen-bond donors (Lipinski definition) is 3. The number of benzene rings is 2. The minimum Gasteiger partial charge on any atom is -0.479 e. The van der Waals surface area contributed by atoms with Crippen LogP contribution in [0.25, 0.3) is 11.1 Å². The lowest BCUT2D eigenvalue weighted by atomic mass is 9.98. The Hall–Kier alpha value is -3.56. The Balaban J connectivity index is 1.46. The van der Waals surface area contributed by atoms with Crippen molar-refractivity contribution in [3.05, 3.63) is 59.7 Å². The summed E-state index contributed by atoms with van der Waals surface area (Å²) in [4.78, 5) is 34.8. The van der Waals surface area contributed by atoms with Crippen molar-refractivity contribution >= 4 is 18.0 Å². The van der Waals surface area contributed by atoms with Crippen LogP contribution in [0.4, 0.5) is 18.0 Å². The van der Waals surface area contributed by atoms with Crippen molar-refractivity contribution in [2.24, 2.45) is 0 Å².